The lowest BCUT2D eigenvalue weighted by molar-refractivity contribution is 0.0697. The summed E-state index contributed by atoms with van der Waals surface area (Å²) in [6, 6.07) is 10.1. The maximum absolute atomic E-state index is 11.3. The van der Waals surface area contributed by atoms with Crippen LogP contribution >= 0.6 is 0 Å². The average Bonchev–Trinajstić information content (AvgIpc) is 3.48. The summed E-state index contributed by atoms with van der Waals surface area (Å²) in [5, 5.41) is 14.3. The maximum atomic E-state index is 11.3. The normalized spacial score (nSPS) is 13.6. The number of rotatable bonds is 5. The molecule has 8 nitrogen and oxygen atoms in total. The number of fused-ring (bicyclic) bond motifs is 1. The first-order valence-electron chi connectivity index (χ1n) is 11.0. The Hall–Kier alpha value is -3.94. The van der Waals surface area contributed by atoms with Gasteiger partial charge >= 0.3 is 5.97 Å². The van der Waals surface area contributed by atoms with Crippen LogP contribution in [0.5, 0.6) is 11.5 Å². The van der Waals surface area contributed by atoms with Crippen LogP contribution in [0.3, 0.4) is 0 Å². The molecule has 0 amide bonds. The van der Waals surface area contributed by atoms with Crippen LogP contribution in [0.15, 0.2) is 42.7 Å². The molecule has 1 fully saturated rings. The van der Waals surface area contributed by atoms with Crippen LogP contribution < -0.4 is 9.64 Å². The number of aryl methyl sites for hydroxylation is 3. The smallest absolute Gasteiger partial charge is 0.338 e. The van der Waals surface area contributed by atoms with Gasteiger partial charge in [0.25, 0.3) is 5.95 Å². The lowest BCUT2D eigenvalue weighted by atomic mass is 10.1. The molecule has 5 rings (SSSR count). The number of carboxylic acids is 1. The molecule has 8 heteroatoms. The number of carboxylic acid groups (broad SMARTS) is 1. The Kier molecular flexibility index (Phi) is 5.20. The molecule has 0 spiro atoms. The van der Waals surface area contributed by atoms with Gasteiger partial charge in [-0.25, -0.2) is 14.5 Å². The Bertz CT molecular complexity index is 1350. The van der Waals surface area contributed by atoms with E-state index in [1.807, 2.05) is 51.1 Å². The van der Waals surface area contributed by atoms with Crippen molar-refractivity contribution in [3.05, 3.63) is 65.0 Å². The molecule has 0 unspecified atom stereocenters. The van der Waals surface area contributed by atoms with Crippen molar-refractivity contribution >= 4 is 22.7 Å². The molecule has 0 atom stereocenters. The van der Waals surface area contributed by atoms with E-state index >= 15 is 0 Å². The van der Waals surface area contributed by atoms with Gasteiger partial charge in [-0.2, -0.15) is 10.1 Å². The number of para-hydroxylation sites is 1. The molecule has 1 aliphatic rings. The SMILES string of the molecule is Cc1cc2nc(-n3cc(C(=O)O)cn3)nc(N3CCCC3)c2cc1Oc1c(C)cccc1C. The second kappa shape index (κ2) is 8.20. The molecule has 0 radical (unpaired) electrons. The van der Waals surface area contributed by atoms with E-state index < -0.39 is 5.97 Å². The van der Waals surface area contributed by atoms with Gasteiger partial charge in [-0.15, -0.1) is 0 Å². The number of nitrogens with zero attached hydrogens (tertiary/aromatic N) is 5. The highest BCUT2D eigenvalue weighted by atomic mass is 16.5. The number of anilines is 1. The standard InChI is InChI=1S/C25H25N5O3/c1-15-7-6-8-16(2)22(15)33-21-12-19-20(11-17(21)3)27-25(28-23(19)29-9-4-5-10-29)30-14-18(13-26-30)24(31)32/h6-8,11-14H,4-5,9-10H2,1-3H3,(H,31,32). The van der Waals surface area contributed by atoms with E-state index in [0.29, 0.717) is 5.95 Å². The van der Waals surface area contributed by atoms with E-state index in [0.717, 1.165) is 70.8 Å². The predicted octanol–water partition coefficient (Wildman–Crippen LogP) is 4.83. The third kappa shape index (κ3) is 3.88. The van der Waals surface area contributed by atoms with Crippen LogP contribution in [-0.4, -0.2) is 43.9 Å². The number of aromatic carboxylic acids is 1. The Labute approximate surface area is 191 Å². The van der Waals surface area contributed by atoms with Crippen LogP contribution in [0.1, 0.15) is 39.9 Å². The molecule has 0 aliphatic carbocycles. The average molecular weight is 444 g/mol. The molecule has 33 heavy (non-hydrogen) atoms. The Morgan fingerprint density at radius 2 is 1.76 bits per heavy atom. The third-order valence-electron chi connectivity index (χ3n) is 6.02. The fourth-order valence-electron chi connectivity index (χ4n) is 4.23. The number of benzene rings is 2. The molecule has 2 aromatic heterocycles. The molecule has 168 valence electrons. The van der Waals surface area contributed by atoms with E-state index in [1.54, 1.807) is 0 Å². The Morgan fingerprint density at radius 3 is 2.42 bits per heavy atom. The molecular formula is C25H25N5O3. The maximum Gasteiger partial charge on any atom is 0.338 e. The largest absolute Gasteiger partial charge is 0.478 e. The topological polar surface area (TPSA) is 93.4 Å². The van der Waals surface area contributed by atoms with Crippen molar-refractivity contribution in [1.82, 2.24) is 19.7 Å². The molecule has 0 saturated carbocycles. The van der Waals surface area contributed by atoms with Gasteiger partial charge in [-0.05, 0) is 62.4 Å². The first-order chi connectivity index (χ1) is 15.9. The summed E-state index contributed by atoms with van der Waals surface area (Å²) < 4.78 is 7.80. The molecule has 4 aromatic rings. The quantitative estimate of drug-likeness (QED) is 0.472. The summed E-state index contributed by atoms with van der Waals surface area (Å²) in [6.45, 7) is 7.90. The van der Waals surface area contributed by atoms with Crippen molar-refractivity contribution in [1.29, 1.82) is 0 Å². The lowest BCUT2D eigenvalue weighted by Gasteiger charge is -2.20. The van der Waals surface area contributed by atoms with Crippen LogP contribution in [-0.2, 0) is 0 Å². The minimum Gasteiger partial charge on any atom is -0.478 e. The highest BCUT2D eigenvalue weighted by Gasteiger charge is 2.21. The first kappa shape index (κ1) is 20.9. The highest BCUT2D eigenvalue weighted by molar-refractivity contribution is 5.92. The fourth-order valence-corrected chi connectivity index (χ4v) is 4.23. The monoisotopic (exact) mass is 443 g/mol. The van der Waals surface area contributed by atoms with Crippen molar-refractivity contribution in [2.75, 3.05) is 18.0 Å². The molecule has 1 aliphatic heterocycles. The minimum absolute atomic E-state index is 0.0925. The summed E-state index contributed by atoms with van der Waals surface area (Å²) in [7, 11) is 0. The molecule has 1 N–H and O–H groups in total. The van der Waals surface area contributed by atoms with Gasteiger partial charge in [0, 0.05) is 24.7 Å². The zero-order chi connectivity index (χ0) is 23.1. The molecule has 3 heterocycles. The van der Waals surface area contributed by atoms with Gasteiger partial charge in [0.2, 0.25) is 0 Å². The lowest BCUT2D eigenvalue weighted by Crippen LogP contribution is -2.20. The Balaban J connectivity index is 1.65. The first-order valence-corrected chi connectivity index (χ1v) is 11.0. The van der Waals surface area contributed by atoms with Gasteiger partial charge in [0.05, 0.1) is 17.3 Å². The minimum atomic E-state index is -1.04. The van der Waals surface area contributed by atoms with E-state index in [4.69, 9.17) is 14.7 Å². The number of aromatic nitrogens is 4. The summed E-state index contributed by atoms with van der Waals surface area (Å²) in [5.74, 6) is 1.75. The molecule has 0 bridgehead atoms. The fraction of sp³-hybridized carbons (Fsp3) is 0.280. The number of carbonyl (C=O) groups is 1. The van der Waals surface area contributed by atoms with Gasteiger partial charge in [-0.3, -0.25) is 0 Å². The number of hydrogen-bond donors (Lipinski definition) is 1. The van der Waals surface area contributed by atoms with Crippen LogP contribution in [0.4, 0.5) is 5.82 Å². The van der Waals surface area contributed by atoms with Crippen LogP contribution in [0, 0.1) is 20.8 Å². The summed E-state index contributed by atoms with van der Waals surface area (Å²) >= 11 is 0. The number of hydrogen-bond acceptors (Lipinski definition) is 6. The summed E-state index contributed by atoms with van der Waals surface area (Å²) in [4.78, 5) is 23.1. The zero-order valence-corrected chi connectivity index (χ0v) is 18.9. The molecule has 2 aromatic carbocycles. The van der Waals surface area contributed by atoms with Gasteiger partial charge in [0.15, 0.2) is 0 Å². The van der Waals surface area contributed by atoms with Gasteiger partial charge < -0.3 is 14.7 Å². The second-order valence-corrected chi connectivity index (χ2v) is 8.48. The zero-order valence-electron chi connectivity index (χ0n) is 18.9. The van der Waals surface area contributed by atoms with Crippen molar-refractivity contribution in [2.45, 2.75) is 33.6 Å². The summed E-state index contributed by atoms with van der Waals surface area (Å²) in [5.41, 5.74) is 3.96. The van der Waals surface area contributed by atoms with Gasteiger partial charge in [0.1, 0.15) is 17.3 Å². The van der Waals surface area contributed by atoms with E-state index in [9.17, 15) is 9.90 Å². The van der Waals surface area contributed by atoms with E-state index in [1.165, 1.54) is 17.1 Å². The summed E-state index contributed by atoms with van der Waals surface area (Å²) in [6.07, 6.45) is 4.94. The van der Waals surface area contributed by atoms with Crippen molar-refractivity contribution in [3.8, 4) is 17.4 Å². The van der Waals surface area contributed by atoms with Crippen LogP contribution in [0.2, 0.25) is 0 Å². The Morgan fingerprint density at radius 1 is 1.03 bits per heavy atom. The van der Waals surface area contributed by atoms with Crippen molar-refractivity contribution in [3.63, 3.8) is 0 Å². The predicted molar refractivity (Wildman–Crippen MR) is 126 cm³/mol. The van der Waals surface area contributed by atoms with Crippen LogP contribution in [0.25, 0.3) is 16.9 Å². The molecular weight excluding hydrogens is 418 g/mol. The van der Waals surface area contributed by atoms with Crippen molar-refractivity contribution in [2.24, 2.45) is 0 Å². The van der Waals surface area contributed by atoms with E-state index in [-0.39, 0.29) is 5.56 Å². The molecule has 1 saturated heterocycles. The van der Waals surface area contributed by atoms with E-state index in [2.05, 4.69) is 10.00 Å². The van der Waals surface area contributed by atoms with Gasteiger partial charge in [-0.1, -0.05) is 18.2 Å². The highest BCUT2D eigenvalue weighted by Crippen LogP contribution is 2.36. The third-order valence-corrected chi connectivity index (χ3v) is 6.02. The second-order valence-electron chi connectivity index (χ2n) is 8.48. The number of ether oxygens (including phenoxy) is 1. The van der Waals surface area contributed by atoms with Crippen molar-refractivity contribution < 1.29 is 14.6 Å².